The van der Waals surface area contributed by atoms with E-state index in [9.17, 15) is 4.79 Å². The molecule has 2 N–H and O–H groups in total. The second-order valence-electron chi connectivity index (χ2n) is 1.47. The number of likely N-dealkylation sites (N-methyl/N-ethyl adjacent to an activating group) is 1. The van der Waals surface area contributed by atoms with E-state index < -0.39 is 0 Å². The van der Waals surface area contributed by atoms with Crippen molar-refractivity contribution in [1.82, 2.24) is 8.85 Å². The lowest BCUT2D eigenvalue weighted by atomic mass is 10.3. The molecule has 48 valence electrons. The summed E-state index contributed by atoms with van der Waals surface area (Å²) in [6.45, 7) is 1.80. The minimum atomic E-state index is -0.0908. The second-order valence-corrected chi connectivity index (χ2v) is 2.01. The van der Waals surface area contributed by atoms with Crippen LogP contribution in [0.5, 0.6) is 0 Å². The number of halogens is 1. The highest BCUT2D eigenvalue weighted by atomic mass is 127. The van der Waals surface area contributed by atoms with Crippen LogP contribution in [0.25, 0.3) is 0 Å². The van der Waals surface area contributed by atoms with Crippen molar-refractivity contribution in [3.63, 3.8) is 0 Å². The summed E-state index contributed by atoms with van der Waals surface area (Å²) in [6, 6.07) is -0.0908. The maximum absolute atomic E-state index is 10.6. The van der Waals surface area contributed by atoms with Crippen LogP contribution in [-0.2, 0) is 4.79 Å². The Labute approximate surface area is 62.7 Å². The van der Waals surface area contributed by atoms with E-state index in [0.29, 0.717) is 0 Å². The van der Waals surface area contributed by atoms with E-state index in [1.54, 1.807) is 14.0 Å². The molecule has 0 radical (unpaired) electrons. The smallest absolute Gasteiger partial charge is 0.245 e. The number of carbonyl (C=O) groups is 1. The third kappa shape index (κ3) is 2.46. The molecule has 0 aliphatic carbocycles. The first kappa shape index (κ1) is 8.16. The second kappa shape index (κ2) is 4.08. The van der Waals surface area contributed by atoms with Crippen LogP contribution in [0, 0.1) is 0 Å². The van der Waals surface area contributed by atoms with Crippen molar-refractivity contribution in [2.45, 2.75) is 13.0 Å². The van der Waals surface area contributed by atoms with Crippen LogP contribution < -0.4 is 8.85 Å². The lowest BCUT2D eigenvalue weighted by Gasteiger charge is -2.04. The molecular formula is C4H9IN2O. The fourth-order valence-corrected chi connectivity index (χ4v) is 0.680. The number of hydrogen-bond donors (Lipinski definition) is 2. The minimum absolute atomic E-state index is 0.00750. The number of hydrogen-bond acceptors (Lipinski definition) is 2. The van der Waals surface area contributed by atoms with Crippen molar-refractivity contribution in [1.29, 1.82) is 0 Å². The van der Waals surface area contributed by atoms with Crippen molar-refractivity contribution >= 4 is 28.8 Å². The van der Waals surface area contributed by atoms with Gasteiger partial charge in [0.05, 0.1) is 28.9 Å². The monoisotopic (exact) mass is 228 g/mol. The Bertz CT molecular complexity index is 86.1. The maximum atomic E-state index is 10.6. The summed E-state index contributed by atoms with van der Waals surface area (Å²) in [7, 11) is 1.75. The van der Waals surface area contributed by atoms with E-state index in [4.69, 9.17) is 0 Å². The molecule has 0 unspecified atom stereocenters. The van der Waals surface area contributed by atoms with Crippen LogP contribution in [0.3, 0.4) is 0 Å². The van der Waals surface area contributed by atoms with Gasteiger partial charge in [0, 0.05) is 0 Å². The Morgan fingerprint density at radius 1 is 1.75 bits per heavy atom. The topological polar surface area (TPSA) is 41.1 Å². The summed E-state index contributed by atoms with van der Waals surface area (Å²) in [5, 5.41) is 2.80. The molecule has 0 aliphatic rings. The normalized spacial score (nSPS) is 12.9. The Balaban J connectivity index is 3.46. The van der Waals surface area contributed by atoms with Gasteiger partial charge in [0.25, 0.3) is 0 Å². The van der Waals surface area contributed by atoms with E-state index in [1.807, 2.05) is 22.9 Å². The van der Waals surface area contributed by atoms with Gasteiger partial charge < -0.3 is 5.32 Å². The van der Waals surface area contributed by atoms with Gasteiger partial charge in [-0.1, -0.05) is 0 Å². The zero-order valence-corrected chi connectivity index (χ0v) is 7.02. The molecule has 0 aliphatic heterocycles. The molecular weight excluding hydrogens is 219 g/mol. The molecule has 0 fully saturated rings. The Morgan fingerprint density at radius 2 is 2.25 bits per heavy atom. The third-order valence-electron chi connectivity index (χ3n) is 0.919. The average Bonchev–Trinajstić information content (AvgIpc) is 1.84. The fourth-order valence-electron chi connectivity index (χ4n) is 0.213. The molecule has 0 saturated heterocycles. The van der Waals surface area contributed by atoms with Gasteiger partial charge in [0.15, 0.2) is 0 Å². The Kier molecular flexibility index (Phi) is 4.16. The van der Waals surface area contributed by atoms with E-state index in [2.05, 4.69) is 8.85 Å². The van der Waals surface area contributed by atoms with Crippen LogP contribution in [0.1, 0.15) is 6.92 Å². The highest BCUT2D eigenvalue weighted by Gasteiger charge is 2.05. The minimum Gasteiger partial charge on any atom is -0.309 e. The predicted octanol–water partition coefficient (Wildman–Crippen LogP) is 0.0605. The lowest BCUT2D eigenvalue weighted by Crippen LogP contribution is -2.36. The molecule has 1 amide bonds. The molecule has 1 atom stereocenters. The SMILES string of the molecule is CN[C@@H](C)C(=O)NI. The number of rotatable bonds is 2. The molecule has 0 aromatic heterocycles. The summed E-state index contributed by atoms with van der Waals surface area (Å²) in [5.41, 5.74) is 0. The maximum Gasteiger partial charge on any atom is 0.245 e. The molecule has 0 saturated carbocycles. The van der Waals surface area contributed by atoms with Gasteiger partial charge in [-0.05, 0) is 14.0 Å². The molecule has 4 heteroatoms. The van der Waals surface area contributed by atoms with E-state index in [0.717, 1.165) is 0 Å². The third-order valence-corrected chi connectivity index (χ3v) is 1.45. The number of nitrogens with one attached hydrogen (secondary N) is 2. The largest absolute Gasteiger partial charge is 0.309 e. The zero-order valence-electron chi connectivity index (χ0n) is 4.86. The summed E-state index contributed by atoms with van der Waals surface area (Å²) >= 11 is 1.81. The molecule has 8 heavy (non-hydrogen) atoms. The summed E-state index contributed by atoms with van der Waals surface area (Å²) < 4.78 is 2.48. The first-order valence-electron chi connectivity index (χ1n) is 2.30. The molecule has 0 rings (SSSR count). The van der Waals surface area contributed by atoms with E-state index in [1.165, 1.54) is 0 Å². The van der Waals surface area contributed by atoms with Gasteiger partial charge in [0.2, 0.25) is 5.91 Å². The Hall–Kier alpha value is 0.160. The van der Waals surface area contributed by atoms with Crippen LogP contribution in [0.15, 0.2) is 0 Å². The highest BCUT2D eigenvalue weighted by molar-refractivity contribution is 14.1. The summed E-state index contributed by atoms with van der Waals surface area (Å²) in [5.74, 6) is 0.00750. The van der Waals surface area contributed by atoms with Crippen LogP contribution in [0.4, 0.5) is 0 Å². The predicted molar refractivity (Wildman–Crippen MR) is 40.7 cm³/mol. The van der Waals surface area contributed by atoms with Gasteiger partial charge in [-0.2, -0.15) is 0 Å². The molecule has 0 aromatic carbocycles. The molecule has 0 aromatic rings. The molecule has 3 nitrogen and oxygen atoms in total. The average molecular weight is 228 g/mol. The lowest BCUT2D eigenvalue weighted by molar-refractivity contribution is -0.120. The van der Waals surface area contributed by atoms with Crippen molar-refractivity contribution in [3.05, 3.63) is 0 Å². The first-order valence-corrected chi connectivity index (χ1v) is 3.38. The number of amides is 1. The van der Waals surface area contributed by atoms with Gasteiger partial charge in [-0.3, -0.25) is 8.32 Å². The highest BCUT2D eigenvalue weighted by Crippen LogP contribution is 1.80. The molecule has 0 heterocycles. The molecule has 0 bridgehead atoms. The van der Waals surface area contributed by atoms with Gasteiger partial charge >= 0.3 is 0 Å². The van der Waals surface area contributed by atoms with Crippen LogP contribution in [0.2, 0.25) is 0 Å². The zero-order chi connectivity index (χ0) is 6.57. The number of carbonyl (C=O) groups excluding carboxylic acids is 1. The summed E-state index contributed by atoms with van der Waals surface area (Å²) in [4.78, 5) is 10.6. The van der Waals surface area contributed by atoms with Gasteiger partial charge in [0.1, 0.15) is 0 Å². The summed E-state index contributed by atoms with van der Waals surface area (Å²) in [6.07, 6.45) is 0. The van der Waals surface area contributed by atoms with Crippen LogP contribution in [-0.4, -0.2) is 19.0 Å². The van der Waals surface area contributed by atoms with E-state index in [-0.39, 0.29) is 11.9 Å². The van der Waals surface area contributed by atoms with Crippen molar-refractivity contribution in [2.75, 3.05) is 7.05 Å². The fraction of sp³-hybridized carbons (Fsp3) is 0.750. The van der Waals surface area contributed by atoms with Crippen molar-refractivity contribution in [2.24, 2.45) is 0 Å². The van der Waals surface area contributed by atoms with Gasteiger partial charge in [-0.15, -0.1) is 0 Å². The molecule has 0 spiro atoms. The Morgan fingerprint density at radius 3 is 2.38 bits per heavy atom. The first-order chi connectivity index (χ1) is 3.72. The standard InChI is InChI=1S/C4H9IN2O/c1-3(6-2)4(8)7-5/h3,6H,1-2H3,(H,7,8)/t3-/m0/s1. The van der Waals surface area contributed by atoms with Gasteiger partial charge in [-0.25, -0.2) is 0 Å². The quantitative estimate of drug-likeness (QED) is 0.518. The van der Waals surface area contributed by atoms with Crippen molar-refractivity contribution in [3.8, 4) is 0 Å². The van der Waals surface area contributed by atoms with Crippen LogP contribution >= 0.6 is 22.9 Å². The van der Waals surface area contributed by atoms with E-state index >= 15 is 0 Å². The van der Waals surface area contributed by atoms with Crippen molar-refractivity contribution < 1.29 is 4.79 Å².